The van der Waals surface area contributed by atoms with E-state index in [1.165, 1.54) is 11.3 Å². The molecule has 1 fully saturated rings. The molecule has 2 aromatic heterocycles. The van der Waals surface area contributed by atoms with Gasteiger partial charge in [-0.1, -0.05) is 29.8 Å². The minimum Gasteiger partial charge on any atom is -0.379 e. The Morgan fingerprint density at radius 1 is 1.29 bits per heavy atom. The summed E-state index contributed by atoms with van der Waals surface area (Å²) >= 11 is 7.80. The third-order valence-electron chi connectivity index (χ3n) is 4.98. The summed E-state index contributed by atoms with van der Waals surface area (Å²) in [6.07, 6.45) is 0. The fourth-order valence-electron chi connectivity index (χ4n) is 3.42. The second-order valence-corrected chi connectivity index (χ2v) is 8.28. The highest BCUT2D eigenvalue weighted by molar-refractivity contribution is 7.17. The molecule has 6 nitrogen and oxygen atoms in total. The fraction of sp³-hybridized carbons (Fsp3) is 0.400. The first-order chi connectivity index (χ1) is 13.6. The summed E-state index contributed by atoms with van der Waals surface area (Å²) in [5, 5.41) is 3.20. The second kappa shape index (κ2) is 8.71. The van der Waals surface area contributed by atoms with Gasteiger partial charge in [0.2, 0.25) is 0 Å². The minimum absolute atomic E-state index is 0.113. The van der Waals surface area contributed by atoms with Crippen molar-refractivity contribution in [3.8, 4) is 11.1 Å². The van der Waals surface area contributed by atoms with E-state index in [1.54, 1.807) is 0 Å². The number of ether oxygens (including phenoxy) is 1. The molecule has 0 saturated carbocycles. The van der Waals surface area contributed by atoms with Crippen molar-refractivity contribution in [1.82, 2.24) is 19.8 Å². The Bertz CT molecular complexity index is 1010. The van der Waals surface area contributed by atoms with E-state index in [0.29, 0.717) is 22.8 Å². The Labute approximate surface area is 172 Å². The van der Waals surface area contributed by atoms with Gasteiger partial charge in [0.15, 0.2) is 0 Å². The van der Waals surface area contributed by atoms with Crippen LogP contribution in [0.1, 0.15) is 5.82 Å². The zero-order valence-electron chi connectivity index (χ0n) is 15.8. The molecule has 3 aromatic rings. The molecule has 1 aromatic carbocycles. The maximum absolute atomic E-state index is 12.8. The van der Waals surface area contributed by atoms with Crippen LogP contribution in [-0.2, 0) is 11.3 Å². The lowest BCUT2D eigenvalue weighted by Gasteiger charge is -2.28. The van der Waals surface area contributed by atoms with Crippen LogP contribution in [-0.4, -0.2) is 66.2 Å². The van der Waals surface area contributed by atoms with Crippen LogP contribution in [0.25, 0.3) is 21.3 Å². The normalized spacial score (nSPS) is 15.5. The average molecular weight is 419 g/mol. The van der Waals surface area contributed by atoms with Gasteiger partial charge in [0.1, 0.15) is 10.7 Å². The molecule has 1 saturated heterocycles. The summed E-state index contributed by atoms with van der Waals surface area (Å²) in [7, 11) is 2.05. The van der Waals surface area contributed by atoms with Crippen LogP contribution in [0.5, 0.6) is 0 Å². The van der Waals surface area contributed by atoms with E-state index in [1.807, 2.05) is 36.7 Å². The summed E-state index contributed by atoms with van der Waals surface area (Å²) in [5.41, 5.74) is 1.59. The van der Waals surface area contributed by atoms with E-state index in [9.17, 15) is 4.79 Å². The number of hydrogen-bond donors (Lipinski definition) is 1. The lowest BCUT2D eigenvalue weighted by atomic mass is 10.1. The second-order valence-electron chi connectivity index (χ2n) is 7.01. The topological polar surface area (TPSA) is 61.5 Å². The van der Waals surface area contributed by atoms with E-state index < -0.39 is 0 Å². The van der Waals surface area contributed by atoms with Gasteiger partial charge < -0.3 is 9.72 Å². The van der Waals surface area contributed by atoms with Crippen LogP contribution in [0, 0.1) is 0 Å². The van der Waals surface area contributed by atoms with Crippen molar-refractivity contribution in [2.45, 2.75) is 6.54 Å². The van der Waals surface area contributed by atoms with Crippen molar-refractivity contribution in [3.63, 3.8) is 0 Å². The number of rotatable bonds is 6. The van der Waals surface area contributed by atoms with Crippen LogP contribution in [0.2, 0.25) is 5.02 Å². The molecule has 0 unspecified atom stereocenters. The highest BCUT2D eigenvalue weighted by Crippen LogP contribution is 2.34. The molecule has 0 amide bonds. The molecule has 0 spiro atoms. The van der Waals surface area contributed by atoms with Crippen LogP contribution in [0.3, 0.4) is 0 Å². The highest BCUT2D eigenvalue weighted by atomic mass is 35.5. The number of fused-ring (bicyclic) bond motifs is 1. The van der Waals surface area contributed by atoms with Crippen LogP contribution >= 0.6 is 22.9 Å². The summed E-state index contributed by atoms with van der Waals surface area (Å²) in [4.78, 5) is 25.8. The molecule has 0 radical (unpaired) electrons. The molecule has 148 valence electrons. The number of morpholine rings is 1. The Balaban J connectivity index is 1.50. The van der Waals surface area contributed by atoms with Gasteiger partial charge in [-0.2, -0.15) is 0 Å². The zero-order chi connectivity index (χ0) is 19.5. The monoisotopic (exact) mass is 418 g/mol. The van der Waals surface area contributed by atoms with Gasteiger partial charge >= 0.3 is 0 Å². The van der Waals surface area contributed by atoms with Crippen molar-refractivity contribution in [3.05, 3.63) is 50.8 Å². The van der Waals surface area contributed by atoms with Gasteiger partial charge in [0.25, 0.3) is 5.56 Å². The maximum atomic E-state index is 12.8. The van der Waals surface area contributed by atoms with E-state index in [0.717, 1.165) is 55.4 Å². The molecule has 0 atom stereocenters. The number of benzene rings is 1. The van der Waals surface area contributed by atoms with Gasteiger partial charge in [-0.05, 0) is 13.1 Å². The fourth-order valence-corrected chi connectivity index (χ4v) is 4.61. The predicted octanol–water partition coefficient (Wildman–Crippen LogP) is 3.07. The van der Waals surface area contributed by atoms with Gasteiger partial charge in [-0.15, -0.1) is 11.3 Å². The van der Waals surface area contributed by atoms with Gasteiger partial charge in [-0.25, -0.2) is 4.98 Å². The van der Waals surface area contributed by atoms with Crippen LogP contribution < -0.4 is 5.56 Å². The Morgan fingerprint density at radius 3 is 2.86 bits per heavy atom. The van der Waals surface area contributed by atoms with E-state index in [4.69, 9.17) is 21.3 Å². The minimum atomic E-state index is -0.113. The average Bonchev–Trinajstić information content (AvgIpc) is 3.12. The Kier molecular flexibility index (Phi) is 6.08. The lowest BCUT2D eigenvalue weighted by Crippen LogP contribution is -2.40. The van der Waals surface area contributed by atoms with Gasteiger partial charge in [-0.3, -0.25) is 14.6 Å². The molecule has 1 N–H and O–H groups in total. The van der Waals surface area contributed by atoms with Crippen molar-refractivity contribution >= 4 is 33.2 Å². The van der Waals surface area contributed by atoms with E-state index in [-0.39, 0.29) is 5.56 Å². The summed E-state index contributed by atoms with van der Waals surface area (Å²) in [5.74, 6) is 0.689. The van der Waals surface area contributed by atoms with E-state index in [2.05, 4.69) is 14.8 Å². The van der Waals surface area contributed by atoms with Crippen LogP contribution in [0.15, 0.2) is 34.4 Å². The van der Waals surface area contributed by atoms with E-state index >= 15 is 0 Å². The summed E-state index contributed by atoms with van der Waals surface area (Å²) in [6.45, 7) is 6.08. The Hall–Kier alpha value is -1.77. The maximum Gasteiger partial charge on any atom is 0.260 e. The van der Waals surface area contributed by atoms with Gasteiger partial charge in [0.05, 0.1) is 25.1 Å². The van der Waals surface area contributed by atoms with Crippen molar-refractivity contribution in [2.75, 3.05) is 46.4 Å². The quantitative estimate of drug-likeness (QED) is 0.666. The Morgan fingerprint density at radius 2 is 2.07 bits per heavy atom. The number of hydrogen-bond acceptors (Lipinski definition) is 6. The first kappa shape index (κ1) is 19.5. The highest BCUT2D eigenvalue weighted by Gasteiger charge is 2.16. The molecule has 3 heterocycles. The standard InChI is InChI=1S/C20H23ClN4O2S/c1-24(6-7-25-8-10-27-11-9-25)12-17-22-19(26)18-15(13-28-20(18)23-17)14-4-2-3-5-16(14)21/h2-5,13H,6-12H2,1H3,(H,22,23,26). The lowest BCUT2D eigenvalue weighted by molar-refractivity contribution is 0.0341. The molecule has 28 heavy (non-hydrogen) atoms. The molecule has 1 aliphatic heterocycles. The number of halogens is 1. The SMILES string of the molecule is CN(CCN1CCOCC1)Cc1nc2scc(-c3ccccc3Cl)c2c(=O)[nH]1. The number of thiophene rings is 1. The van der Waals surface area contributed by atoms with Crippen molar-refractivity contribution in [2.24, 2.45) is 0 Å². The van der Waals surface area contributed by atoms with Gasteiger partial charge in [0, 0.05) is 47.7 Å². The van der Waals surface area contributed by atoms with Crippen LogP contribution in [0.4, 0.5) is 0 Å². The molecule has 8 heteroatoms. The molecular weight excluding hydrogens is 396 g/mol. The smallest absolute Gasteiger partial charge is 0.260 e. The molecule has 1 aliphatic rings. The molecule has 0 aliphatic carbocycles. The number of likely N-dealkylation sites (N-methyl/N-ethyl adjacent to an activating group) is 1. The largest absolute Gasteiger partial charge is 0.379 e. The van der Waals surface area contributed by atoms with Crippen molar-refractivity contribution in [1.29, 1.82) is 0 Å². The summed E-state index contributed by atoms with van der Waals surface area (Å²) in [6, 6.07) is 7.56. The number of aromatic amines is 1. The predicted molar refractivity (Wildman–Crippen MR) is 114 cm³/mol. The first-order valence-corrected chi connectivity index (χ1v) is 10.6. The number of aromatic nitrogens is 2. The molecule has 4 rings (SSSR count). The number of H-pyrrole nitrogens is 1. The first-order valence-electron chi connectivity index (χ1n) is 9.36. The zero-order valence-corrected chi connectivity index (χ0v) is 17.4. The third-order valence-corrected chi connectivity index (χ3v) is 6.18. The molecular formula is C20H23ClN4O2S. The molecule has 0 bridgehead atoms. The third kappa shape index (κ3) is 4.29. The van der Waals surface area contributed by atoms with Crippen molar-refractivity contribution < 1.29 is 4.74 Å². The number of nitrogens with one attached hydrogen (secondary N) is 1. The number of nitrogens with zero attached hydrogens (tertiary/aromatic N) is 3. The summed E-state index contributed by atoms with van der Waals surface area (Å²) < 4.78 is 5.39.